The van der Waals surface area contributed by atoms with E-state index in [-0.39, 0.29) is 42.3 Å². The molecule has 2 heterocycles. The summed E-state index contributed by atoms with van der Waals surface area (Å²) in [5.41, 5.74) is 37.6. The summed E-state index contributed by atoms with van der Waals surface area (Å²) in [4.78, 5) is 16.6. The van der Waals surface area contributed by atoms with Crippen LogP contribution in [0.3, 0.4) is 0 Å². The van der Waals surface area contributed by atoms with Crippen molar-refractivity contribution in [3.8, 4) is 44.5 Å². The molecule has 2 aromatic heterocycles. The molecule has 0 saturated carbocycles. The second kappa shape index (κ2) is 29.3. The summed E-state index contributed by atoms with van der Waals surface area (Å²) in [6.45, 7) is 27.2. The Hall–Kier alpha value is -12.6. The first-order valence-corrected chi connectivity index (χ1v) is 43.4. The van der Waals surface area contributed by atoms with Crippen molar-refractivity contribution in [2.75, 3.05) is 9.80 Å². The Kier molecular flexibility index (Phi) is 19.0. The van der Waals surface area contributed by atoms with Gasteiger partial charge >= 0.3 is 0 Å². The second-order valence-electron chi connectivity index (χ2n) is 37.7. The topological polar surface area (TPSA) is 49.8 Å². The molecule has 0 amide bonds. The van der Waals surface area contributed by atoms with Crippen molar-refractivity contribution < 1.29 is 13.6 Å². The number of anilines is 6. The zero-order chi connectivity index (χ0) is 82.2. The van der Waals surface area contributed by atoms with Crippen molar-refractivity contribution in [2.24, 2.45) is 0 Å². The highest BCUT2D eigenvalue weighted by Crippen LogP contribution is 2.64. The highest BCUT2D eigenvalue weighted by Gasteiger charge is 2.51. The Bertz CT molecular complexity index is 7040. The Morgan fingerprint density at radius 2 is 0.607 bits per heavy atom. The number of fused-ring (bicyclic) bond motifs is 19. The number of carbonyl (C=O) groups is 1. The van der Waals surface area contributed by atoms with Crippen LogP contribution in [0.15, 0.2) is 323 Å². The molecule has 18 aromatic rings. The van der Waals surface area contributed by atoms with Crippen LogP contribution in [0.25, 0.3) is 110 Å². The maximum absolute atomic E-state index is 11.9. The number of benzene rings is 16. The molecule has 0 bridgehead atoms. The zero-order valence-corrected chi connectivity index (χ0v) is 71.9. The van der Waals surface area contributed by atoms with Crippen molar-refractivity contribution in [3.05, 3.63) is 392 Å². The fraction of sp³-hybridized carbons (Fsp3) is 0.198. The largest absolute Gasteiger partial charge is 0.453 e. The third-order valence-corrected chi connectivity index (χ3v) is 27.2. The van der Waals surface area contributed by atoms with Crippen LogP contribution in [0.4, 0.5) is 34.1 Å². The van der Waals surface area contributed by atoms with E-state index < -0.39 is 5.41 Å². The fourth-order valence-electron chi connectivity index (χ4n) is 20.4. The Labute approximate surface area is 726 Å². The van der Waals surface area contributed by atoms with Crippen LogP contribution >= 0.6 is 15.9 Å². The first-order valence-electron chi connectivity index (χ1n) is 42.6. The van der Waals surface area contributed by atoms with Gasteiger partial charge in [0.25, 0.3) is 0 Å². The number of rotatable bonds is 7. The molecule has 0 aliphatic heterocycles. The third kappa shape index (κ3) is 12.5. The lowest BCUT2D eigenvalue weighted by atomic mass is 9.61. The van der Waals surface area contributed by atoms with E-state index in [0.717, 1.165) is 136 Å². The van der Waals surface area contributed by atoms with E-state index in [2.05, 4.69) is 370 Å². The minimum absolute atomic E-state index is 0. The van der Waals surface area contributed by atoms with E-state index in [1.54, 1.807) is 0 Å². The summed E-state index contributed by atoms with van der Waals surface area (Å²) in [6, 6.07) is 113. The molecule has 0 fully saturated rings. The summed E-state index contributed by atoms with van der Waals surface area (Å²) >= 11 is 3.92. The summed E-state index contributed by atoms with van der Waals surface area (Å²) in [7, 11) is 0. The van der Waals surface area contributed by atoms with Crippen LogP contribution < -0.4 is 9.80 Å². The van der Waals surface area contributed by atoms with E-state index in [4.69, 9.17) is 8.83 Å². The van der Waals surface area contributed by atoms with Gasteiger partial charge in [-0.3, -0.25) is 4.79 Å². The SMILES string of the molecule is C.C.CC(C)(C)c1ccc(N(c2ccc(C(C)(C)C)cc2)c2cccc3c2oc2c(-c4ccc5c6c(ccc(Br)c46)CC5)cccc23)cc1.CC(C)(C)c1ccc(N(c2ccc(C(C)(C)C)cc2)c2cccc3c2oc2c4c(ccc23)C2(c3ccccc3-c3ccccc32)c2ccc3c5c(ccc-4c25)CC3)cc1.O=C1c2ccccc2-c2ccccc21. The van der Waals surface area contributed by atoms with Gasteiger partial charge in [0.1, 0.15) is 11.2 Å². The molecule has 602 valence electrons. The predicted octanol–water partition coefficient (Wildman–Crippen LogP) is 32.7. The summed E-state index contributed by atoms with van der Waals surface area (Å²) in [5.74, 6) is 0.149. The van der Waals surface area contributed by atoms with Crippen LogP contribution in [-0.4, -0.2) is 5.78 Å². The van der Waals surface area contributed by atoms with Gasteiger partial charge in [0.15, 0.2) is 16.9 Å². The average molecular weight is 1650 g/mol. The van der Waals surface area contributed by atoms with Crippen LogP contribution in [0, 0.1) is 0 Å². The molecule has 0 unspecified atom stereocenters. The van der Waals surface area contributed by atoms with Gasteiger partial charge in [-0.1, -0.05) is 357 Å². The Balaban J connectivity index is 0.000000139. The molecular formula is C116H103BrN2O3. The van der Waals surface area contributed by atoms with Gasteiger partial charge in [0.05, 0.1) is 16.8 Å². The van der Waals surface area contributed by atoms with Gasteiger partial charge in [-0.2, -0.15) is 0 Å². The number of aryl methyl sites for hydroxylation is 4. The maximum Gasteiger partial charge on any atom is 0.194 e. The van der Waals surface area contributed by atoms with E-state index >= 15 is 0 Å². The normalized spacial score (nSPS) is 13.6. The lowest BCUT2D eigenvalue weighted by Gasteiger charge is -2.40. The molecule has 1 spiro atoms. The number of hydrogen-bond donors (Lipinski definition) is 0. The molecule has 0 N–H and O–H groups in total. The first-order chi connectivity index (χ1) is 57.9. The molecule has 5 aliphatic rings. The highest BCUT2D eigenvalue weighted by molar-refractivity contribution is 9.10. The lowest BCUT2D eigenvalue weighted by molar-refractivity contribution is 0.104. The van der Waals surface area contributed by atoms with Crippen LogP contribution in [0.5, 0.6) is 0 Å². The predicted molar refractivity (Wildman–Crippen MR) is 520 cm³/mol. The van der Waals surface area contributed by atoms with Crippen molar-refractivity contribution in [1.82, 2.24) is 0 Å². The van der Waals surface area contributed by atoms with E-state index in [9.17, 15) is 4.79 Å². The number of halogens is 1. The van der Waals surface area contributed by atoms with Crippen LogP contribution in [-0.2, 0) is 52.8 Å². The van der Waals surface area contributed by atoms with Crippen molar-refractivity contribution in [2.45, 2.75) is 151 Å². The van der Waals surface area contributed by atoms with Crippen molar-refractivity contribution in [3.63, 3.8) is 0 Å². The summed E-state index contributed by atoms with van der Waals surface area (Å²) < 4.78 is 15.7. The number of ketones is 1. The fourth-order valence-corrected chi connectivity index (χ4v) is 20.9. The quantitative estimate of drug-likeness (QED) is 0.159. The molecule has 0 radical (unpaired) electrons. The number of carbonyl (C=O) groups excluding carboxylic acids is 1. The molecule has 16 aromatic carbocycles. The number of para-hydroxylation sites is 3. The molecular weight excluding hydrogens is 1550 g/mol. The van der Waals surface area contributed by atoms with Gasteiger partial charge in [-0.05, 0) is 230 Å². The molecule has 23 rings (SSSR count). The molecule has 5 nitrogen and oxygen atoms in total. The van der Waals surface area contributed by atoms with Gasteiger partial charge in [-0.25, -0.2) is 0 Å². The first kappa shape index (κ1) is 79.2. The average Bonchev–Trinajstić information content (AvgIpc) is 1.57. The summed E-state index contributed by atoms with van der Waals surface area (Å²) in [5, 5.41) is 10.0. The smallest absolute Gasteiger partial charge is 0.194 e. The standard InChI is InChI=1S/C57H47NO.C44H40BrNO.C13H8O.2CH4/c1-55(2,3)36-22-26-38(27-23-36)58(39-28-24-37(25-29-39)56(4,5)6)49-17-11-14-42-43-31-33-48-52(54(43)59-53(42)49)44-30-20-34-18-19-35-21-32-47(51(44)50(34)35)57(48)45-15-9-7-12-40(45)41-13-8-10-16-46(41)57;1-43(2,3)29-17-21-31(22-18-29)46(32-23-19-30(20-24-32)44(4,5)6)38-12-8-11-36-35-10-7-9-34(41(35)47-42(36)38)33-25-15-27-13-14-28-16-26-37(45)40(33)39(27)28;14-13-11-7-3-1-5-9(11)10-6-2-4-8-12(10)13;;/h7-17,20-33H,18-19H2,1-6H3;7-12,15-26H,13-14H2,1-6H3;1-8H;2*1H4. The van der Waals surface area contributed by atoms with Gasteiger partial charge < -0.3 is 18.6 Å². The minimum Gasteiger partial charge on any atom is -0.453 e. The van der Waals surface area contributed by atoms with E-state index in [0.29, 0.717) is 0 Å². The monoisotopic (exact) mass is 1650 g/mol. The summed E-state index contributed by atoms with van der Waals surface area (Å²) in [6.07, 6.45) is 4.38. The van der Waals surface area contributed by atoms with Gasteiger partial charge in [-0.15, -0.1) is 0 Å². The Morgan fingerprint density at radius 3 is 1.04 bits per heavy atom. The molecule has 0 atom stereocenters. The van der Waals surface area contributed by atoms with Gasteiger partial charge in [0.2, 0.25) is 0 Å². The molecule has 5 aliphatic carbocycles. The van der Waals surface area contributed by atoms with E-state index in [1.807, 2.05) is 48.5 Å². The van der Waals surface area contributed by atoms with Crippen LogP contribution in [0.2, 0.25) is 0 Å². The molecule has 0 saturated heterocycles. The molecule has 6 heteroatoms. The zero-order valence-electron chi connectivity index (χ0n) is 70.3. The molecule has 122 heavy (non-hydrogen) atoms. The lowest BCUT2D eigenvalue weighted by Crippen LogP contribution is -2.32. The van der Waals surface area contributed by atoms with Gasteiger partial charge in [0, 0.05) is 76.4 Å². The van der Waals surface area contributed by atoms with Crippen LogP contribution in [0.1, 0.15) is 181 Å². The third-order valence-electron chi connectivity index (χ3n) is 26.5. The van der Waals surface area contributed by atoms with E-state index in [1.165, 1.54) is 116 Å². The highest BCUT2D eigenvalue weighted by atomic mass is 79.9. The minimum atomic E-state index is -0.485. The second-order valence-corrected chi connectivity index (χ2v) is 38.6. The van der Waals surface area contributed by atoms with Crippen molar-refractivity contribution >= 4 is 121 Å². The number of hydrogen-bond acceptors (Lipinski definition) is 5. The number of furan rings is 2. The van der Waals surface area contributed by atoms with Crippen molar-refractivity contribution in [1.29, 1.82) is 0 Å². The Morgan fingerprint density at radius 1 is 0.270 bits per heavy atom. The maximum atomic E-state index is 11.9. The number of nitrogens with zero attached hydrogens (tertiary/aromatic N) is 2.